The third-order valence-electron chi connectivity index (χ3n) is 17.0. The van der Waals surface area contributed by atoms with Crippen molar-refractivity contribution in [2.24, 2.45) is 0 Å². The Hall–Kier alpha value is -10.7. The summed E-state index contributed by atoms with van der Waals surface area (Å²) < 4.78 is 2.51. The van der Waals surface area contributed by atoms with Gasteiger partial charge in [0, 0.05) is 55.8 Å². The Labute approximate surface area is 478 Å². The number of rotatable bonds is 9. The van der Waals surface area contributed by atoms with Gasteiger partial charge in [-0.1, -0.05) is 279 Å². The molecule has 3 nitrogen and oxygen atoms in total. The van der Waals surface area contributed by atoms with Gasteiger partial charge in [-0.25, -0.2) is 0 Å². The molecule has 1 aromatic heterocycles. The predicted octanol–water partition coefficient (Wildman–Crippen LogP) is 18.9. The molecule has 3 heterocycles. The topological polar surface area (TPSA) is 11.4 Å². The summed E-state index contributed by atoms with van der Waals surface area (Å²) in [5.74, 6) is 0. The maximum Gasteiger partial charge on any atom is 0.252 e. The molecule has 2 aliphatic rings. The molecule has 0 spiro atoms. The minimum absolute atomic E-state index is 0.199. The average molecular weight is 1040 g/mol. The Kier molecular flexibility index (Phi) is 11.3. The molecule has 0 fully saturated rings. The summed E-state index contributed by atoms with van der Waals surface area (Å²) in [7, 11) is 0. The summed E-state index contributed by atoms with van der Waals surface area (Å²) in [4.78, 5) is 5.29. The van der Waals surface area contributed by atoms with E-state index in [1.165, 1.54) is 49.4 Å². The van der Waals surface area contributed by atoms with E-state index in [0.717, 1.165) is 95.4 Å². The van der Waals surface area contributed by atoms with Crippen LogP contribution in [0.25, 0.3) is 94.3 Å². The number of hydrogen-bond donors (Lipinski definition) is 0. The molecule has 0 aliphatic carbocycles. The van der Waals surface area contributed by atoms with Crippen LogP contribution in [0.15, 0.2) is 315 Å². The molecule has 13 aromatic carbocycles. The number of benzene rings is 13. The fourth-order valence-corrected chi connectivity index (χ4v) is 13.4. The highest BCUT2D eigenvalue weighted by molar-refractivity contribution is 7.00. The maximum atomic E-state index is 2.65. The lowest BCUT2D eigenvalue weighted by atomic mass is 9.33. The van der Waals surface area contributed by atoms with Crippen LogP contribution in [0.1, 0.15) is 0 Å². The number of aromatic nitrogens is 1. The summed E-state index contributed by atoms with van der Waals surface area (Å²) in [5, 5.41) is 2.44. The van der Waals surface area contributed by atoms with Gasteiger partial charge in [0.1, 0.15) is 0 Å². The molecule has 2 aliphatic heterocycles. The van der Waals surface area contributed by atoms with E-state index in [1.807, 2.05) is 0 Å². The van der Waals surface area contributed by atoms with Crippen molar-refractivity contribution in [3.05, 3.63) is 315 Å². The Morgan fingerprint density at radius 2 is 0.549 bits per heavy atom. The third kappa shape index (κ3) is 7.68. The van der Waals surface area contributed by atoms with Crippen molar-refractivity contribution >= 4 is 79.0 Å². The first kappa shape index (κ1) is 47.3. The molecule has 0 saturated heterocycles. The van der Waals surface area contributed by atoms with Crippen molar-refractivity contribution in [1.29, 1.82) is 0 Å². The van der Waals surface area contributed by atoms with E-state index < -0.39 is 0 Å². The predicted molar refractivity (Wildman–Crippen MR) is 347 cm³/mol. The van der Waals surface area contributed by atoms with Crippen LogP contribution in [-0.4, -0.2) is 11.3 Å². The van der Waals surface area contributed by atoms with Crippen LogP contribution in [0, 0.1) is 0 Å². The Bertz CT molecular complexity index is 4320. The molecule has 0 radical (unpaired) electrons. The lowest BCUT2D eigenvalue weighted by molar-refractivity contribution is 1.16. The number of nitrogens with zero attached hydrogens (tertiary/aromatic N) is 3. The van der Waals surface area contributed by atoms with Gasteiger partial charge in [0.25, 0.3) is 6.71 Å². The van der Waals surface area contributed by atoms with Crippen molar-refractivity contribution in [3.63, 3.8) is 0 Å². The summed E-state index contributed by atoms with van der Waals surface area (Å²) in [6.07, 6.45) is 0. The highest BCUT2D eigenvalue weighted by atomic mass is 15.2. The second-order valence-electron chi connectivity index (χ2n) is 21.5. The quantitative estimate of drug-likeness (QED) is 0.134. The standard InChI is InChI=1S/C78H52BN3/c1-7-25-53(26-8-1)59-45-47-72-68(49-59)79-69-50-60(54-27-9-2-10-28-54)46-48-73(69)82(78-64(57-33-15-5-16-34-57)41-24-42-65(78)58-35-17-6-18-36-58)75-52-61(80-70-43-21-19-37-66(70)67-38-20-22-44-71(67)80)51-74(76(75)79)81(72)77-62(55-29-11-3-12-30-55)39-23-40-63(77)56-31-13-4-14-32-56/h1-52H. The van der Waals surface area contributed by atoms with Gasteiger partial charge in [0.2, 0.25) is 0 Å². The number of hydrogen-bond acceptors (Lipinski definition) is 2. The van der Waals surface area contributed by atoms with Gasteiger partial charge in [-0.2, -0.15) is 0 Å². The molecule has 382 valence electrons. The zero-order chi connectivity index (χ0) is 54.1. The molecule has 82 heavy (non-hydrogen) atoms. The molecule has 0 N–H and O–H groups in total. The van der Waals surface area contributed by atoms with Crippen LogP contribution in [-0.2, 0) is 0 Å². The van der Waals surface area contributed by atoms with Crippen LogP contribution < -0.4 is 26.2 Å². The van der Waals surface area contributed by atoms with Crippen LogP contribution >= 0.6 is 0 Å². The SMILES string of the molecule is c1ccc(-c2ccc3c(c2)B2c4cc(-c5ccccc5)ccc4N(c4c(-c5ccccc5)cccc4-c4ccccc4)c4cc(-n5c6ccccc6c6ccccc65)cc(c42)N3c2c(-c3ccccc3)cccc2-c2ccccc2)cc1. The Morgan fingerprint density at radius 3 is 0.902 bits per heavy atom. The fourth-order valence-electron chi connectivity index (χ4n) is 13.4. The zero-order valence-electron chi connectivity index (χ0n) is 44.9. The molecular weight excluding hydrogens is 990 g/mol. The summed E-state index contributed by atoms with van der Waals surface area (Å²) in [6.45, 7) is -0.199. The molecular formula is C78H52BN3. The van der Waals surface area contributed by atoms with Crippen molar-refractivity contribution in [2.75, 3.05) is 9.80 Å². The minimum atomic E-state index is -0.199. The second kappa shape index (κ2) is 19.6. The first-order valence-electron chi connectivity index (χ1n) is 28.4. The first-order valence-corrected chi connectivity index (χ1v) is 28.4. The van der Waals surface area contributed by atoms with Crippen LogP contribution in [0.4, 0.5) is 34.1 Å². The molecule has 0 amide bonds. The number of fused-ring (bicyclic) bond motifs is 7. The molecule has 0 saturated carbocycles. The summed E-state index contributed by atoms with van der Waals surface area (Å²) in [6, 6.07) is 117. The van der Waals surface area contributed by atoms with Gasteiger partial charge in [0.05, 0.1) is 28.1 Å². The van der Waals surface area contributed by atoms with Crippen molar-refractivity contribution in [1.82, 2.24) is 4.57 Å². The van der Waals surface area contributed by atoms with E-state index in [0.29, 0.717) is 0 Å². The van der Waals surface area contributed by atoms with E-state index in [1.54, 1.807) is 0 Å². The maximum absolute atomic E-state index is 2.65. The fraction of sp³-hybridized carbons (Fsp3) is 0. The monoisotopic (exact) mass is 1040 g/mol. The lowest BCUT2D eigenvalue weighted by Gasteiger charge is -2.46. The Morgan fingerprint density at radius 1 is 0.232 bits per heavy atom. The van der Waals surface area contributed by atoms with Gasteiger partial charge in [-0.15, -0.1) is 0 Å². The second-order valence-corrected chi connectivity index (χ2v) is 21.5. The smallest absolute Gasteiger partial charge is 0.252 e. The van der Waals surface area contributed by atoms with E-state index in [2.05, 4.69) is 330 Å². The van der Waals surface area contributed by atoms with Gasteiger partial charge >= 0.3 is 0 Å². The number of anilines is 6. The average Bonchev–Trinajstić information content (AvgIpc) is 2.15. The third-order valence-corrected chi connectivity index (χ3v) is 17.0. The summed E-state index contributed by atoms with van der Waals surface area (Å²) >= 11 is 0. The van der Waals surface area contributed by atoms with Crippen molar-refractivity contribution in [3.8, 4) is 72.4 Å². The highest BCUT2D eigenvalue weighted by Crippen LogP contribution is 2.54. The van der Waals surface area contributed by atoms with Gasteiger partial charge < -0.3 is 14.4 Å². The summed E-state index contributed by atoms with van der Waals surface area (Å²) in [5.41, 5.74) is 27.8. The molecule has 14 aromatic rings. The zero-order valence-corrected chi connectivity index (χ0v) is 44.9. The van der Waals surface area contributed by atoms with Gasteiger partial charge in [-0.05, 0) is 97.3 Å². The van der Waals surface area contributed by atoms with Crippen LogP contribution in [0.3, 0.4) is 0 Å². The van der Waals surface area contributed by atoms with Crippen LogP contribution in [0.5, 0.6) is 0 Å². The van der Waals surface area contributed by atoms with E-state index in [4.69, 9.17) is 0 Å². The minimum Gasteiger partial charge on any atom is -0.310 e. The molecule has 16 rings (SSSR count). The van der Waals surface area contributed by atoms with E-state index >= 15 is 0 Å². The number of para-hydroxylation sites is 4. The molecule has 0 atom stereocenters. The van der Waals surface area contributed by atoms with E-state index in [-0.39, 0.29) is 6.71 Å². The molecule has 0 unspecified atom stereocenters. The molecule has 0 bridgehead atoms. The van der Waals surface area contributed by atoms with Gasteiger partial charge in [0.15, 0.2) is 0 Å². The van der Waals surface area contributed by atoms with Crippen LogP contribution in [0.2, 0.25) is 0 Å². The Balaban J connectivity index is 1.12. The van der Waals surface area contributed by atoms with Crippen molar-refractivity contribution in [2.45, 2.75) is 0 Å². The largest absolute Gasteiger partial charge is 0.310 e. The van der Waals surface area contributed by atoms with Gasteiger partial charge in [-0.3, -0.25) is 0 Å². The first-order chi connectivity index (χ1) is 40.7. The lowest BCUT2D eigenvalue weighted by Crippen LogP contribution is -2.61. The highest BCUT2D eigenvalue weighted by Gasteiger charge is 2.46. The van der Waals surface area contributed by atoms with E-state index in [9.17, 15) is 0 Å². The normalized spacial score (nSPS) is 12.3. The molecule has 4 heteroatoms. The van der Waals surface area contributed by atoms with Crippen molar-refractivity contribution < 1.29 is 0 Å².